The number of nitrogens with one attached hydrogen (secondary N) is 2. The Kier molecular flexibility index (Phi) is 1.71. The molecule has 53 valence electrons. The first-order valence-electron chi connectivity index (χ1n) is 2.90. The smallest absolute Gasteiger partial charge is 0.222 e. The Morgan fingerprint density at radius 2 is 2.50 bits per heavy atom. The molecule has 1 aromatic rings. The molecule has 0 aliphatic carbocycles. The predicted molar refractivity (Wildman–Crippen MR) is 36.5 cm³/mol. The summed E-state index contributed by atoms with van der Waals surface area (Å²) in [5, 5.41) is 8.77. The van der Waals surface area contributed by atoms with Gasteiger partial charge in [-0.05, 0) is 6.92 Å². The van der Waals surface area contributed by atoms with Gasteiger partial charge in [-0.2, -0.15) is 5.10 Å². The van der Waals surface area contributed by atoms with Crippen molar-refractivity contribution in [2.45, 2.75) is 13.8 Å². The number of H-pyrrole nitrogens is 1. The van der Waals surface area contributed by atoms with E-state index >= 15 is 0 Å². The maximum atomic E-state index is 10.5. The third-order valence-electron chi connectivity index (χ3n) is 1.07. The number of anilines is 1. The molecule has 0 saturated carbocycles. The number of aryl methyl sites for hydroxylation is 1. The third-order valence-corrected chi connectivity index (χ3v) is 1.07. The van der Waals surface area contributed by atoms with Gasteiger partial charge >= 0.3 is 0 Å². The van der Waals surface area contributed by atoms with Crippen LogP contribution >= 0.6 is 0 Å². The summed E-state index contributed by atoms with van der Waals surface area (Å²) in [6.45, 7) is 3.26. The first kappa shape index (κ1) is 6.80. The minimum atomic E-state index is -0.110. The molecule has 0 atom stereocenters. The number of aromatic amines is 1. The lowest BCUT2D eigenvalue weighted by Crippen LogP contribution is -2.06. The summed E-state index contributed by atoms with van der Waals surface area (Å²) < 4.78 is 0. The Hall–Kier alpha value is -1.32. The number of hydrogen-bond donors (Lipinski definition) is 2. The Labute approximate surface area is 58.6 Å². The van der Waals surface area contributed by atoms with Gasteiger partial charge in [0.05, 0.1) is 0 Å². The van der Waals surface area contributed by atoms with Gasteiger partial charge in [0.15, 0.2) is 0 Å². The first-order chi connectivity index (χ1) is 4.70. The number of carbonyl (C=O) groups excluding carboxylic acids is 1. The number of aromatic nitrogens is 2. The van der Waals surface area contributed by atoms with Gasteiger partial charge in [-0.25, -0.2) is 0 Å². The van der Waals surface area contributed by atoms with Crippen LogP contribution < -0.4 is 5.32 Å². The van der Waals surface area contributed by atoms with Crippen molar-refractivity contribution in [1.29, 1.82) is 0 Å². The fraction of sp³-hybridized carbons (Fsp3) is 0.333. The zero-order valence-electron chi connectivity index (χ0n) is 5.86. The van der Waals surface area contributed by atoms with Crippen molar-refractivity contribution in [2.75, 3.05) is 5.32 Å². The predicted octanol–water partition coefficient (Wildman–Crippen LogP) is 0.477. The largest absolute Gasteiger partial charge is 0.311 e. The highest BCUT2D eigenvalue weighted by atomic mass is 16.1. The van der Waals surface area contributed by atoms with Crippen molar-refractivity contribution >= 4 is 11.7 Å². The molecule has 0 aromatic carbocycles. The summed E-state index contributed by atoms with van der Waals surface area (Å²) in [5.41, 5.74) is 0.815. The number of carbonyl (C=O) groups is 1. The number of amides is 1. The van der Waals surface area contributed by atoms with Crippen LogP contribution in [-0.4, -0.2) is 16.1 Å². The average molecular weight is 138 g/mol. The molecule has 1 amide bonds. The average Bonchev–Trinajstić information content (AvgIpc) is 2.15. The van der Waals surface area contributed by atoms with E-state index in [0.717, 1.165) is 5.56 Å². The van der Waals surface area contributed by atoms with E-state index in [9.17, 15) is 4.79 Å². The minimum Gasteiger partial charge on any atom is -0.311 e. The van der Waals surface area contributed by atoms with E-state index < -0.39 is 0 Å². The van der Waals surface area contributed by atoms with E-state index in [-0.39, 0.29) is 5.91 Å². The van der Waals surface area contributed by atoms with Gasteiger partial charge in [-0.1, -0.05) is 0 Å². The molecule has 10 heavy (non-hydrogen) atoms. The van der Waals surface area contributed by atoms with Crippen LogP contribution in [-0.2, 0) is 4.79 Å². The maximum Gasteiger partial charge on any atom is 0.222 e. The summed E-state index contributed by atoms with van der Waals surface area (Å²) in [6, 6.07) is 0. The second-order valence-corrected chi connectivity index (χ2v) is 2.02. The topological polar surface area (TPSA) is 57.8 Å². The molecule has 4 heteroatoms. The zero-order chi connectivity index (χ0) is 7.56. The number of nitrogens with zero attached hydrogens (tertiary/aromatic N) is 1. The molecule has 0 saturated heterocycles. The number of rotatable bonds is 1. The van der Waals surface area contributed by atoms with E-state index in [1.165, 1.54) is 6.92 Å². The summed E-state index contributed by atoms with van der Waals surface area (Å²) in [5.74, 6) is 0.508. The minimum absolute atomic E-state index is 0.110. The fourth-order valence-corrected chi connectivity index (χ4v) is 0.605. The highest BCUT2D eigenvalue weighted by molar-refractivity contribution is 5.88. The highest BCUT2D eigenvalue weighted by Gasteiger charge is 2.00. The summed E-state index contributed by atoms with van der Waals surface area (Å²) >= 11 is 0. The molecule has 1 heterocycles. The fourth-order valence-electron chi connectivity index (χ4n) is 0.605. The van der Waals surface area contributed by atoms with Gasteiger partial charge in [0.25, 0.3) is 0 Å². The Morgan fingerprint density at radius 3 is 2.90 bits per heavy atom. The van der Waals surface area contributed by atoms with E-state index in [1.54, 1.807) is 0 Å². The monoisotopic (exact) mass is 138 g/mol. The molecule has 0 fully saturated rings. The summed E-state index contributed by atoms with van der Waals surface area (Å²) in [4.78, 5) is 10.5. The van der Waals surface area contributed by atoms with Crippen LogP contribution in [0.25, 0.3) is 0 Å². The van der Waals surface area contributed by atoms with E-state index in [1.807, 2.05) is 6.92 Å². The van der Waals surface area contributed by atoms with Gasteiger partial charge in [0.2, 0.25) is 5.91 Å². The van der Waals surface area contributed by atoms with Crippen LogP contribution in [0.5, 0.6) is 0 Å². The van der Waals surface area contributed by atoms with Crippen LogP contribution in [0, 0.1) is 13.1 Å². The van der Waals surface area contributed by atoms with Crippen LogP contribution in [0.4, 0.5) is 5.82 Å². The van der Waals surface area contributed by atoms with Crippen LogP contribution in [0.15, 0.2) is 0 Å². The van der Waals surface area contributed by atoms with Crippen molar-refractivity contribution < 1.29 is 4.79 Å². The standard InChI is InChI=1S/C6H8N3O/c1-4-3-7-9-6(4)8-5(2)10/h1-2H3,(H2,7,8,9,10). The lowest BCUT2D eigenvalue weighted by molar-refractivity contribution is -0.114. The zero-order valence-corrected chi connectivity index (χ0v) is 5.86. The van der Waals surface area contributed by atoms with Gasteiger partial charge in [-0.3, -0.25) is 9.89 Å². The Bertz CT molecular complexity index is 241. The summed E-state index contributed by atoms with van der Waals surface area (Å²) in [6.07, 6.45) is 2.65. The van der Waals surface area contributed by atoms with Gasteiger partial charge in [0.1, 0.15) is 12.0 Å². The quantitative estimate of drug-likeness (QED) is 0.592. The van der Waals surface area contributed by atoms with Gasteiger partial charge < -0.3 is 5.32 Å². The lowest BCUT2D eigenvalue weighted by Gasteiger charge is -1.96. The summed E-state index contributed by atoms with van der Waals surface area (Å²) in [7, 11) is 0. The molecule has 4 nitrogen and oxygen atoms in total. The highest BCUT2D eigenvalue weighted by Crippen LogP contribution is 2.06. The van der Waals surface area contributed by atoms with Crippen molar-refractivity contribution in [1.82, 2.24) is 10.2 Å². The molecule has 2 N–H and O–H groups in total. The Balaban J connectivity index is 2.74. The molecule has 0 aliphatic heterocycles. The van der Waals surface area contributed by atoms with Crippen molar-refractivity contribution in [3.05, 3.63) is 11.8 Å². The van der Waals surface area contributed by atoms with Crippen molar-refractivity contribution in [2.24, 2.45) is 0 Å². The molecule has 0 aliphatic rings. The van der Waals surface area contributed by atoms with E-state index in [2.05, 4.69) is 21.7 Å². The SMILES string of the molecule is CC(=O)Nc1[nH]n[c]c1C. The number of hydrogen-bond acceptors (Lipinski definition) is 2. The lowest BCUT2D eigenvalue weighted by atomic mass is 10.4. The van der Waals surface area contributed by atoms with E-state index in [0.29, 0.717) is 5.82 Å². The third kappa shape index (κ3) is 1.34. The normalized spacial score (nSPS) is 9.40. The molecule has 0 unspecified atom stereocenters. The first-order valence-corrected chi connectivity index (χ1v) is 2.90. The van der Waals surface area contributed by atoms with Gasteiger partial charge in [0, 0.05) is 12.5 Å². The molecular formula is C6H8N3O. The molecule has 1 aromatic heterocycles. The van der Waals surface area contributed by atoms with Crippen LogP contribution in [0.2, 0.25) is 0 Å². The maximum absolute atomic E-state index is 10.5. The molecule has 0 spiro atoms. The van der Waals surface area contributed by atoms with Crippen LogP contribution in [0.1, 0.15) is 12.5 Å². The molecule has 1 rings (SSSR count). The van der Waals surface area contributed by atoms with Gasteiger partial charge in [-0.15, -0.1) is 0 Å². The van der Waals surface area contributed by atoms with Crippen LogP contribution in [0.3, 0.4) is 0 Å². The van der Waals surface area contributed by atoms with Crippen molar-refractivity contribution in [3.63, 3.8) is 0 Å². The van der Waals surface area contributed by atoms with Crippen molar-refractivity contribution in [3.8, 4) is 0 Å². The molecule has 1 radical (unpaired) electrons. The second kappa shape index (κ2) is 2.51. The second-order valence-electron chi connectivity index (χ2n) is 2.02. The molecular weight excluding hydrogens is 130 g/mol. The molecule has 0 bridgehead atoms. The van der Waals surface area contributed by atoms with E-state index in [4.69, 9.17) is 0 Å². The Morgan fingerprint density at radius 1 is 1.80 bits per heavy atom.